The Morgan fingerprint density at radius 3 is 2.94 bits per heavy atom. The van der Waals surface area contributed by atoms with E-state index in [0.29, 0.717) is 11.6 Å². The summed E-state index contributed by atoms with van der Waals surface area (Å²) in [5.74, 6) is 0.830. The van der Waals surface area contributed by atoms with Gasteiger partial charge in [-0.2, -0.15) is 15.2 Å². The van der Waals surface area contributed by atoms with Gasteiger partial charge in [0.25, 0.3) is 0 Å². The molecule has 0 aliphatic heterocycles. The molecule has 9 heteroatoms. The molecule has 0 saturated heterocycles. The molecule has 2 N–H and O–H groups in total. The minimum Gasteiger partial charge on any atom is -0.289 e. The highest BCUT2D eigenvalue weighted by Crippen LogP contribution is 2.11. The first-order chi connectivity index (χ1) is 7.85. The van der Waals surface area contributed by atoms with E-state index in [1.54, 1.807) is 18.2 Å². The summed E-state index contributed by atoms with van der Waals surface area (Å²) in [6.45, 7) is 0. The summed E-state index contributed by atoms with van der Waals surface area (Å²) in [6.07, 6.45) is 2.29. The highest BCUT2D eigenvalue weighted by molar-refractivity contribution is 5.73. The lowest BCUT2D eigenvalue weighted by atomic mass is 10.4. The fraction of sp³-hybridized carbons (Fsp3) is 0. The van der Waals surface area contributed by atoms with E-state index in [2.05, 4.69) is 25.7 Å². The highest BCUT2D eigenvalue weighted by Gasteiger charge is 2.06. The van der Waals surface area contributed by atoms with Gasteiger partial charge in [0.2, 0.25) is 0 Å². The van der Waals surface area contributed by atoms with Crippen molar-refractivity contribution in [3.63, 3.8) is 0 Å². The first kappa shape index (κ1) is 9.83. The summed E-state index contributed by atoms with van der Waals surface area (Å²) in [4.78, 5) is 4.14. The molecule has 0 fully saturated rings. The Kier molecular flexibility index (Phi) is 2.59. The molecule has 80 valence electrons. The van der Waals surface area contributed by atoms with Crippen molar-refractivity contribution in [3.8, 4) is 5.82 Å². The van der Waals surface area contributed by atoms with Gasteiger partial charge in [0.1, 0.15) is 12.7 Å². The second-order valence-electron chi connectivity index (χ2n) is 2.68. The molecule has 16 heavy (non-hydrogen) atoms. The summed E-state index contributed by atoms with van der Waals surface area (Å²) >= 11 is 0. The van der Waals surface area contributed by atoms with Gasteiger partial charge >= 0.3 is 0 Å². The van der Waals surface area contributed by atoms with Crippen LogP contribution in [-0.2, 0) is 0 Å². The van der Waals surface area contributed by atoms with Crippen molar-refractivity contribution < 1.29 is 0 Å². The summed E-state index contributed by atoms with van der Waals surface area (Å²) in [7, 11) is 0. The Balaban J connectivity index is 2.40. The van der Waals surface area contributed by atoms with E-state index in [1.807, 2.05) is 0 Å². The zero-order valence-electron chi connectivity index (χ0n) is 8.02. The molecule has 0 spiro atoms. The van der Waals surface area contributed by atoms with Crippen LogP contribution in [0.5, 0.6) is 0 Å². The van der Waals surface area contributed by atoms with Crippen LogP contribution in [0.3, 0.4) is 0 Å². The molecule has 0 saturated carbocycles. The minimum atomic E-state index is 0.345. The van der Waals surface area contributed by atoms with Crippen LogP contribution in [0.4, 0.5) is 5.82 Å². The lowest BCUT2D eigenvalue weighted by Crippen LogP contribution is -2.14. The standard InChI is InChI=1S/C7H7N9/c8-4-15(12-9)6-2-1-3-7(11-6)16-5-10-13-14-16/h1-5,8-9H. The lowest BCUT2D eigenvalue weighted by Gasteiger charge is -2.09. The number of aromatic nitrogens is 5. The van der Waals surface area contributed by atoms with E-state index >= 15 is 0 Å². The van der Waals surface area contributed by atoms with Crippen LogP contribution in [0.2, 0.25) is 0 Å². The maximum Gasteiger partial charge on any atom is 0.159 e. The van der Waals surface area contributed by atoms with E-state index in [0.717, 1.165) is 11.3 Å². The third kappa shape index (κ3) is 1.73. The summed E-state index contributed by atoms with van der Waals surface area (Å²) in [5, 5.41) is 21.8. The van der Waals surface area contributed by atoms with Crippen LogP contribution in [0, 0.1) is 10.9 Å². The Morgan fingerprint density at radius 2 is 2.31 bits per heavy atom. The van der Waals surface area contributed by atoms with Crippen molar-refractivity contribution in [1.29, 1.82) is 10.9 Å². The van der Waals surface area contributed by atoms with Crippen LogP contribution < -0.4 is 5.01 Å². The number of pyridine rings is 1. The molecule has 2 aromatic heterocycles. The lowest BCUT2D eigenvalue weighted by molar-refractivity contribution is 0.769. The Hall–Kier alpha value is -2.71. The van der Waals surface area contributed by atoms with Crippen LogP contribution in [-0.4, -0.2) is 31.5 Å². The van der Waals surface area contributed by atoms with E-state index in [1.165, 1.54) is 11.0 Å². The van der Waals surface area contributed by atoms with Gasteiger partial charge in [-0.25, -0.2) is 4.98 Å². The van der Waals surface area contributed by atoms with E-state index in [9.17, 15) is 0 Å². The Labute approximate surface area is 89.7 Å². The van der Waals surface area contributed by atoms with Crippen LogP contribution >= 0.6 is 0 Å². The zero-order chi connectivity index (χ0) is 11.4. The van der Waals surface area contributed by atoms with Gasteiger partial charge in [0, 0.05) is 0 Å². The number of nitrogens with zero attached hydrogens (tertiary/aromatic N) is 7. The highest BCUT2D eigenvalue weighted by atomic mass is 15.6. The third-order valence-corrected chi connectivity index (χ3v) is 1.77. The van der Waals surface area contributed by atoms with Gasteiger partial charge in [0.15, 0.2) is 11.6 Å². The molecule has 0 bridgehead atoms. The SMILES string of the molecule is N=CN(N=N)c1cccc(-n2cnnn2)n1. The van der Waals surface area contributed by atoms with Crippen LogP contribution in [0.25, 0.3) is 5.82 Å². The van der Waals surface area contributed by atoms with E-state index in [4.69, 9.17) is 10.9 Å². The van der Waals surface area contributed by atoms with Crippen molar-refractivity contribution >= 4 is 12.2 Å². The smallest absolute Gasteiger partial charge is 0.159 e. The first-order valence-corrected chi connectivity index (χ1v) is 4.23. The molecule has 0 radical (unpaired) electrons. The predicted molar refractivity (Wildman–Crippen MR) is 53.4 cm³/mol. The number of tetrazole rings is 1. The van der Waals surface area contributed by atoms with Crippen molar-refractivity contribution in [1.82, 2.24) is 25.2 Å². The predicted octanol–water partition coefficient (Wildman–Crippen LogP) is 0.417. The zero-order valence-corrected chi connectivity index (χ0v) is 8.02. The average molecular weight is 217 g/mol. The Bertz CT molecular complexity index is 482. The summed E-state index contributed by atoms with van der Waals surface area (Å²) < 4.78 is 1.37. The maximum atomic E-state index is 7.04. The number of hydrogen-bond acceptors (Lipinski definition) is 7. The molecule has 2 aromatic rings. The fourth-order valence-electron chi connectivity index (χ4n) is 1.08. The van der Waals surface area contributed by atoms with Gasteiger partial charge in [-0.15, -0.1) is 5.10 Å². The van der Waals surface area contributed by atoms with Crippen molar-refractivity contribution in [2.45, 2.75) is 0 Å². The van der Waals surface area contributed by atoms with E-state index < -0.39 is 0 Å². The summed E-state index contributed by atoms with van der Waals surface area (Å²) in [6, 6.07) is 5.03. The van der Waals surface area contributed by atoms with Crippen LogP contribution in [0.1, 0.15) is 0 Å². The molecule has 0 aliphatic rings. The number of rotatable bonds is 4. The quantitative estimate of drug-likeness (QED) is 0.332. The molecule has 0 amide bonds. The Morgan fingerprint density at radius 1 is 1.44 bits per heavy atom. The molecule has 9 nitrogen and oxygen atoms in total. The molecule has 0 aromatic carbocycles. The molecule has 0 unspecified atom stereocenters. The first-order valence-electron chi connectivity index (χ1n) is 4.23. The normalized spacial score (nSPS) is 9.75. The molecule has 2 heterocycles. The monoisotopic (exact) mass is 217 g/mol. The topological polar surface area (TPSA) is 120 Å². The van der Waals surface area contributed by atoms with Crippen molar-refractivity contribution in [2.24, 2.45) is 5.22 Å². The number of anilines is 1. The summed E-state index contributed by atoms with van der Waals surface area (Å²) in [5.41, 5.74) is 6.86. The fourth-order valence-corrected chi connectivity index (χ4v) is 1.08. The van der Waals surface area contributed by atoms with Crippen molar-refractivity contribution in [2.75, 3.05) is 5.01 Å². The molecular weight excluding hydrogens is 210 g/mol. The minimum absolute atomic E-state index is 0.345. The van der Waals surface area contributed by atoms with Crippen molar-refractivity contribution in [3.05, 3.63) is 24.5 Å². The molecule has 0 atom stereocenters. The average Bonchev–Trinajstić information content (AvgIpc) is 2.85. The molecule has 2 rings (SSSR count). The number of nitrogens with one attached hydrogen (secondary N) is 2. The number of hydrogen-bond donors (Lipinski definition) is 2. The van der Waals surface area contributed by atoms with E-state index in [-0.39, 0.29) is 0 Å². The van der Waals surface area contributed by atoms with Crippen LogP contribution in [0.15, 0.2) is 29.7 Å². The van der Waals surface area contributed by atoms with Gasteiger partial charge in [0.05, 0.1) is 0 Å². The molecular formula is C7H7N9. The largest absolute Gasteiger partial charge is 0.289 e. The second-order valence-corrected chi connectivity index (χ2v) is 2.68. The van der Waals surface area contributed by atoms with Gasteiger partial charge in [-0.1, -0.05) is 11.3 Å². The third-order valence-electron chi connectivity index (χ3n) is 1.77. The van der Waals surface area contributed by atoms with Gasteiger partial charge in [-0.05, 0) is 22.6 Å². The second kappa shape index (κ2) is 4.21. The van der Waals surface area contributed by atoms with Gasteiger partial charge in [-0.3, -0.25) is 5.41 Å². The maximum absolute atomic E-state index is 7.04. The molecule has 0 aliphatic carbocycles. The van der Waals surface area contributed by atoms with Gasteiger partial charge < -0.3 is 0 Å².